The SMILES string of the molecule is CCCOC1CCCN(Cc2nc(C)no2)C1. The van der Waals surface area contributed by atoms with Gasteiger partial charge in [0.15, 0.2) is 5.82 Å². The Morgan fingerprint density at radius 3 is 3.12 bits per heavy atom. The van der Waals surface area contributed by atoms with E-state index in [-0.39, 0.29) is 0 Å². The number of aromatic nitrogens is 2. The Hall–Kier alpha value is -0.940. The second-order valence-corrected chi connectivity index (χ2v) is 4.61. The summed E-state index contributed by atoms with van der Waals surface area (Å²) in [4.78, 5) is 6.56. The lowest BCUT2D eigenvalue weighted by molar-refractivity contribution is -0.00455. The fourth-order valence-electron chi connectivity index (χ4n) is 2.17. The molecule has 0 radical (unpaired) electrons. The van der Waals surface area contributed by atoms with Crippen LogP contribution in [0.1, 0.15) is 37.9 Å². The summed E-state index contributed by atoms with van der Waals surface area (Å²) in [5.74, 6) is 1.41. The van der Waals surface area contributed by atoms with Crippen LogP contribution in [0.15, 0.2) is 4.52 Å². The summed E-state index contributed by atoms with van der Waals surface area (Å²) in [5.41, 5.74) is 0. The third kappa shape index (κ3) is 3.78. The lowest BCUT2D eigenvalue weighted by Crippen LogP contribution is -2.39. The highest BCUT2D eigenvalue weighted by molar-refractivity contribution is 4.84. The highest BCUT2D eigenvalue weighted by Gasteiger charge is 2.21. The van der Waals surface area contributed by atoms with Crippen molar-refractivity contribution in [1.29, 1.82) is 0 Å². The van der Waals surface area contributed by atoms with Crippen molar-refractivity contribution in [2.24, 2.45) is 0 Å². The van der Waals surface area contributed by atoms with Gasteiger partial charge in [-0.3, -0.25) is 4.90 Å². The van der Waals surface area contributed by atoms with Gasteiger partial charge in [-0.25, -0.2) is 0 Å². The van der Waals surface area contributed by atoms with E-state index >= 15 is 0 Å². The average Bonchev–Trinajstić information content (AvgIpc) is 2.73. The van der Waals surface area contributed by atoms with E-state index in [0.29, 0.717) is 17.8 Å². The van der Waals surface area contributed by atoms with Gasteiger partial charge in [0, 0.05) is 13.2 Å². The maximum atomic E-state index is 5.80. The van der Waals surface area contributed by atoms with Gasteiger partial charge in [-0.15, -0.1) is 0 Å². The molecule has 1 aliphatic heterocycles. The smallest absolute Gasteiger partial charge is 0.240 e. The Balaban J connectivity index is 1.80. The average molecular weight is 239 g/mol. The van der Waals surface area contributed by atoms with Gasteiger partial charge in [0.05, 0.1) is 12.6 Å². The first-order chi connectivity index (χ1) is 8.28. The molecule has 96 valence electrons. The number of piperidine rings is 1. The monoisotopic (exact) mass is 239 g/mol. The zero-order valence-electron chi connectivity index (χ0n) is 10.7. The molecule has 5 heteroatoms. The van der Waals surface area contributed by atoms with Crippen molar-refractivity contribution in [3.8, 4) is 0 Å². The van der Waals surface area contributed by atoms with Crippen molar-refractivity contribution in [3.63, 3.8) is 0 Å². The number of aryl methyl sites for hydroxylation is 1. The van der Waals surface area contributed by atoms with Gasteiger partial charge in [0.25, 0.3) is 0 Å². The minimum Gasteiger partial charge on any atom is -0.377 e. The summed E-state index contributed by atoms with van der Waals surface area (Å²) in [6, 6.07) is 0. The van der Waals surface area contributed by atoms with Crippen molar-refractivity contribution in [3.05, 3.63) is 11.7 Å². The highest BCUT2D eigenvalue weighted by Crippen LogP contribution is 2.15. The molecule has 1 unspecified atom stereocenters. The van der Waals surface area contributed by atoms with Crippen molar-refractivity contribution < 1.29 is 9.26 Å². The number of nitrogens with zero attached hydrogens (tertiary/aromatic N) is 3. The van der Waals surface area contributed by atoms with E-state index in [2.05, 4.69) is 22.0 Å². The number of rotatable bonds is 5. The van der Waals surface area contributed by atoms with Crippen LogP contribution in [0, 0.1) is 6.92 Å². The molecule has 0 amide bonds. The molecule has 0 saturated carbocycles. The van der Waals surface area contributed by atoms with Crippen molar-refractivity contribution in [2.45, 2.75) is 45.8 Å². The molecule has 1 aliphatic rings. The zero-order valence-corrected chi connectivity index (χ0v) is 10.7. The molecule has 0 aliphatic carbocycles. The van der Waals surface area contributed by atoms with Gasteiger partial charge >= 0.3 is 0 Å². The minimum atomic E-state index is 0.368. The van der Waals surface area contributed by atoms with E-state index in [4.69, 9.17) is 9.26 Å². The lowest BCUT2D eigenvalue weighted by Gasteiger charge is -2.31. The predicted octanol–water partition coefficient (Wildman–Crippen LogP) is 1.77. The molecule has 1 atom stereocenters. The number of likely N-dealkylation sites (tertiary alicyclic amines) is 1. The van der Waals surface area contributed by atoms with E-state index in [1.165, 1.54) is 12.8 Å². The summed E-state index contributed by atoms with van der Waals surface area (Å²) in [6.07, 6.45) is 3.80. The summed E-state index contributed by atoms with van der Waals surface area (Å²) in [7, 11) is 0. The Kier molecular flexibility index (Phi) is 4.50. The molecule has 1 fully saturated rings. The van der Waals surface area contributed by atoms with Crippen LogP contribution >= 0.6 is 0 Å². The molecule has 0 bridgehead atoms. The second kappa shape index (κ2) is 6.12. The number of hydrogen-bond acceptors (Lipinski definition) is 5. The standard InChI is InChI=1S/C12H21N3O2/c1-3-7-16-11-5-4-6-15(8-11)9-12-13-10(2)14-17-12/h11H,3-9H2,1-2H3. The van der Waals surface area contributed by atoms with E-state index in [1.54, 1.807) is 0 Å². The second-order valence-electron chi connectivity index (χ2n) is 4.61. The maximum Gasteiger partial charge on any atom is 0.240 e. The fraction of sp³-hybridized carbons (Fsp3) is 0.833. The van der Waals surface area contributed by atoms with E-state index in [0.717, 1.165) is 32.7 Å². The molecule has 0 N–H and O–H groups in total. The molecule has 0 aromatic carbocycles. The van der Waals surface area contributed by atoms with E-state index in [1.807, 2.05) is 6.92 Å². The first kappa shape index (κ1) is 12.5. The Labute approximate surface area is 102 Å². The molecular formula is C12H21N3O2. The summed E-state index contributed by atoms with van der Waals surface area (Å²) < 4.78 is 10.9. The maximum absolute atomic E-state index is 5.80. The number of hydrogen-bond donors (Lipinski definition) is 0. The normalized spacial score (nSPS) is 21.9. The highest BCUT2D eigenvalue weighted by atomic mass is 16.5. The summed E-state index contributed by atoms with van der Waals surface area (Å²) in [6.45, 7) is 7.65. The Bertz CT molecular complexity index is 340. The van der Waals surface area contributed by atoms with E-state index < -0.39 is 0 Å². The van der Waals surface area contributed by atoms with Gasteiger partial charge in [-0.1, -0.05) is 12.1 Å². The van der Waals surface area contributed by atoms with Crippen LogP contribution < -0.4 is 0 Å². The third-order valence-electron chi connectivity index (χ3n) is 2.95. The van der Waals surface area contributed by atoms with Crippen molar-refractivity contribution in [2.75, 3.05) is 19.7 Å². The molecule has 5 nitrogen and oxygen atoms in total. The van der Waals surface area contributed by atoms with Gasteiger partial charge < -0.3 is 9.26 Å². The summed E-state index contributed by atoms with van der Waals surface area (Å²) >= 11 is 0. The first-order valence-electron chi connectivity index (χ1n) is 6.41. The van der Waals surface area contributed by atoms with Crippen LogP contribution in [0.4, 0.5) is 0 Å². The van der Waals surface area contributed by atoms with Crippen LogP contribution in [-0.2, 0) is 11.3 Å². The third-order valence-corrected chi connectivity index (χ3v) is 2.95. The molecular weight excluding hydrogens is 218 g/mol. The lowest BCUT2D eigenvalue weighted by atomic mass is 10.1. The Morgan fingerprint density at radius 2 is 2.41 bits per heavy atom. The first-order valence-corrected chi connectivity index (χ1v) is 6.41. The van der Waals surface area contributed by atoms with Crippen molar-refractivity contribution >= 4 is 0 Å². The predicted molar refractivity (Wildman–Crippen MR) is 63.6 cm³/mol. The van der Waals surface area contributed by atoms with Crippen molar-refractivity contribution in [1.82, 2.24) is 15.0 Å². The minimum absolute atomic E-state index is 0.368. The van der Waals surface area contributed by atoms with E-state index in [9.17, 15) is 0 Å². The molecule has 1 saturated heterocycles. The van der Waals surface area contributed by atoms with Crippen LogP contribution in [-0.4, -0.2) is 40.8 Å². The molecule has 17 heavy (non-hydrogen) atoms. The molecule has 2 rings (SSSR count). The molecule has 1 aromatic heterocycles. The molecule has 0 spiro atoms. The fourth-order valence-corrected chi connectivity index (χ4v) is 2.17. The number of ether oxygens (including phenoxy) is 1. The largest absolute Gasteiger partial charge is 0.377 e. The van der Waals surface area contributed by atoms with Crippen LogP contribution in [0.25, 0.3) is 0 Å². The van der Waals surface area contributed by atoms with Crippen LogP contribution in [0.3, 0.4) is 0 Å². The van der Waals surface area contributed by atoms with Gasteiger partial charge in [0.2, 0.25) is 5.89 Å². The van der Waals surface area contributed by atoms with Gasteiger partial charge in [-0.05, 0) is 32.7 Å². The zero-order chi connectivity index (χ0) is 12.1. The summed E-state index contributed by atoms with van der Waals surface area (Å²) in [5, 5.41) is 3.81. The van der Waals surface area contributed by atoms with Crippen LogP contribution in [0.2, 0.25) is 0 Å². The molecule has 1 aromatic rings. The quantitative estimate of drug-likeness (QED) is 0.783. The molecule has 2 heterocycles. The van der Waals surface area contributed by atoms with Gasteiger partial charge in [0.1, 0.15) is 0 Å². The van der Waals surface area contributed by atoms with Crippen LogP contribution in [0.5, 0.6) is 0 Å². The topological polar surface area (TPSA) is 51.4 Å². The Morgan fingerprint density at radius 1 is 1.53 bits per heavy atom. The van der Waals surface area contributed by atoms with Gasteiger partial charge in [-0.2, -0.15) is 4.98 Å².